The molecule has 2 aromatic rings. The largest absolute Gasteiger partial charge is 0.353 e. The molecule has 8 heteroatoms. The van der Waals surface area contributed by atoms with E-state index in [-0.39, 0.29) is 5.91 Å². The SMILES string of the molecule is CCN1CCN(c2ccc(N3CCN(C(=O)c4ccccc4Cl)CC3)nn2)CC1. The second-order valence-electron chi connectivity index (χ2n) is 7.43. The van der Waals surface area contributed by atoms with Gasteiger partial charge in [-0.25, -0.2) is 0 Å². The molecule has 0 bridgehead atoms. The van der Waals surface area contributed by atoms with Crippen LogP contribution in [0.25, 0.3) is 0 Å². The van der Waals surface area contributed by atoms with Gasteiger partial charge in [0, 0.05) is 52.4 Å². The number of nitrogens with zero attached hydrogens (tertiary/aromatic N) is 6. The Kier molecular flexibility index (Phi) is 6.16. The number of aromatic nitrogens is 2. The van der Waals surface area contributed by atoms with E-state index in [9.17, 15) is 4.79 Å². The fourth-order valence-electron chi connectivity index (χ4n) is 3.89. The lowest BCUT2D eigenvalue weighted by Crippen LogP contribution is -2.49. The highest BCUT2D eigenvalue weighted by atomic mass is 35.5. The highest BCUT2D eigenvalue weighted by molar-refractivity contribution is 6.33. The van der Waals surface area contributed by atoms with Gasteiger partial charge in [-0.05, 0) is 30.8 Å². The van der Waals surface area contributed by atoms with Crippen LogP contribution in [0.3, 0.4) is 0 Å². The third-order valence-corrected chi connectivity index (χ3v) is 6.10. The van der Waals surface area contributed by atoms with Gasteiger partial charge in [0.15, 0.2) is 11.6 Å². The van der Waals surface area contributed by atoms with Crippen LogP contribution in [0.1, 0.15) is 17.3 Å². The van der Waals surface area contributed by atoms with E-state index in [2.05, 4.69) is 37.9 Å². The van der Waals surface area contributed by atoms with Crippen molar-refractivity contribution in [1.29, 1.82) is 0 Å². The van der Waals surface area contributed by atoms with Gasteiger partial charge in [0.1, 0.15) is 0 Å². The Hall–Kier alpha value is -2.38. The maximum Gasteiger partial charge on any atom is 0.255 e. The molecule has 0 unspecified atom stereocenters. The molecule has 0 atom stereocenters. The second kappa shape index (κ2) is 8.97. The molecular formula is C21H27ClN6O. The summed E-state index contributed by atoms with van der Waals surface area (Å²) in [6, 6.07) is 11.3. The Morgan fingerprint density at radius 3 is 1.93 bits per heavy atom. The maximum absolute atomic E-state index is 12.7. The number of carbonyl (C=O) groups is 1. The number of benzene rings is 1. The quantitative estimate of drug-likeness (QED) is 0.764. The monoisotopic (exact) mass is 414 g/mol. The summed E-state index contributed by atoms with van der Waals surface area (Å²) < 4.78 is 0. The van der Waals surface area contributed by atoms with Crippen LogP contribution < -0.4 is 9.80 Å². The molecular weight excluding hydrogens is 388 g/mol. The van der Waals surface area contributed by atoms with E-state index in [4.69, 9.17) is 11.6 Å². The number of amides is 1. The molecule has 0 aliphatic carbocycles. The molecule has 1 aromatic heterocycles. The summed E-state index contributed by atoms with van der Waals surface area (Å²) in [6.07, 6.45) is 0. The van der Waals surface area contributed by atoms with E-state index in [1.807, 2.05) is 23.1 Å². The molecule has 1 amide bonds. The van der Waals surface area contributed by atoms with Crippen LogP contribution in [0.5, 0.6) is 0 Å². The van der Waals surface area contributed by atoms with Gasteiger partial charge in [-0.15, -0.1) is 10.2 Å². The standard InChI is InChI=1S/C21H27ClN6O/c1-2-25-9-11-26(12-10-25)19-7-8-20(24-23-19)27-13-15-28(16-14-27)21(29)17-5-3-4-6-18(17)22/h3-8H,2,9-16H2,1H3. The number of halogens is 1. The Bertz CT molecular complexity index is 829. The van der Waals surface area contributed by atoms with Gasteiger partial charge in [0.05, 0.1) is 10.6 Å². The van der Waals surface area contributed by atoms with E-state index in [1.165, 1.54) is 0 Å². The average molecular weight is 415 g/mol. The molecule has 0 spiro atoms. The third kappa shape index (κ3) is 4.46. The zero-order chi connectivity index (χ0) is 20.2. The summed E-state index contributed by atoms with van der Waals surface area (Å²) in [4.78, 5) is 21.5. The van der Waals surface area contributed by atoms with Crippen molar-refractivity contribution in [2.24, 2.45) is 0 Å². The molecule has 29 heavy (non-hydrogen) atoms. The molecule has 0 radical (unpaired) electrons. The van der Waals surface area contributed by atoms with E-state index in [0.29, 0.717) is 23.7 Å². The number of rotatable bonds is 4. The summed E-state index contributed by atoms with van der Waals surface area (Å²) in [7, 11) is 0. The number of hydrogen-bond acceptors (Lipinski definition) is 6. The van der Waals surface area contributed by atoms with Crippen LogP contribution in [0.15, 0.2) is 36.4 Å². The molecule has 154 valence electrons. The summed E-state index contributed by atoms with van der Waals surface area (Å²) in [5.74, 6) is 1.80. The predicted molar refractivity (Wildman–Crippen MR) is 116 cm³/mol. The highest BCUT2D eigenvalue weighted by Crippen LogP contribution is 2.21. The summed E-state index contributed by atoms with van der Waals surface area (Å²) in [5, 5.41) is 9.42. The van der Waals surface area contributed by atoms with E-state index in [0.717, 1.165) is 57.4 Å². The van der Waals surface area contributed by atoms with Crippen molar-refractivity contribution in [1.82, 2.24) is 20.0 Å². The number of hydrogen-bond donors (Lipinski definition) is 0. The minimum absolute atomic E-state index is 0.0112. The van der Waals surface area contributed by atoms with Gasteiger partial charge in [-0.2, -0.15) is 0 Å². The third-order valence-electron chi connectivity index (χ3n) is 5.78. The summed E-state index contributed by atoms with van der Waals surface area (Å²) >= 11 is 6.18. The number of anilines is 2. The van der Waals surface area contributed by atoms with Gasteiger partial charge < -0.3 is 19.6 Å². The first-order valence-corrected chi connectivity index (χ1v) is 10.6. The molecule has 7 nitrogen and oxygen atoms in total. The number of likely N-dealkylation sites (N-methyl/N-ethyl adjacent to an activating group) is 1. The molecule has 2 fully saturated rings. The molecule has 2 aliphatic rings. The molecule has 4 rings (SSSR count). The first-order valence-electron chi connectivity index (χ1n) is 10.3. The number of carbonyl (C=O) groups excluding carboxylic acids is 1. The first-order chi connectivity index (χ1) is 14.2. The minimum atomic E-state index is -0.0112. The van der Waals surface area contributed by atoms with Crippen molar-refractivity contribution in [3.05, 3.63) is 47.0 Å². The molecule has 0 saturated carbocycles. The van der Waals surface area contributed by atoms with Crippen molar-refractivity contribution in [3.63, 3.8) is 0 Å². The summed E-state index contributed by atoms with van der Waals surface area (Å²) in [5.41, 5.74) is 0.565. The Morgan fingerprint density at radius 2 is 1.41 bits per heavy atom. The van der Waals surface area contributed by atoms with Gasteiger partial charge in [0.25, 0.3) is 5.91 Å². The second-order valence-corrected chi connectivity index (χ2v) is 7.84. The van der Waals surface area contributed by atoms with Crippen molar-refractivity contribution in [2.75, 3.05) is 68.7 Å². The van der Waals surface area contributed by atoms with Crippen LogP contribution in [-0.4, -0.2) is 84.8 Å². The van der Waals surface area contributed by atoms with Crippen molar-refractivity contribution in [2.45, 2.75) is 6.92 Å². The summed E-state index contributed by atoms with van der Waals surface area (Å²) in [6.45, 7) is 10.2. The van der Waals surface area contributed by atoms with E-state index in [1.54, 1.807) is 12.1 Å². The van der Waals surface area contributed by atoms with Gasteiger partial charge in [-0.3, -0.25) is 4.79 Å². The van der Waals surface area contributed by atoms with Crippen molar-refractivity contribution < 1.29 is 4.79 Å². The van der Waals surface area contributed by atoms with Gasteiger partial charge in [-0.1, -0.05) is 30.7 Å². The molecule has 0 N–H and O–H groups in total. The molecule has 3 heterocycles. The number of piperazine rings is 2. The zero-order valence-corrected chi connectivity index (χ0v) is 17.6. The molecule has 1 aromatic carbocycles. The smallest absolute Gasteiger partial charge is 0.255 e. The van der Waals surface area contributed by atoms with Crippen LogP contribution >= 0.6 is 11.6 Å². The first kappa shape index (κ1) is 19.9. The minimum Gasteiger partial charge on any atom is -0.353 e. The highest BCUT2D eigenvalue weighted by Gasteiger charge is 2.24. The van der Waals surface area contributed by atoms with E-state index >= 15 is 0 Å². The zero-order valence-electron chi connectivity index (χ0n) is 16.8. The topological polar surface area (TPSA) is 55.8 Å². The van der Waals surface area contributed by atoms with Gasteiger partial charge >= 0.3 is 0 Å². The van der Waals surface area contributed by atoms with Crippen molar-refractivity contribution in [3.8, 4) is 0 Å². The van der Waals surface area contributed by atoms with Crippen LogP contribution in [0.2, 0.25) is 5.02 Å². The lowest BCUT2D eigenvalue weighted by molar-refractivity contribution is 0.0746. The fourth-order valence-corrected chi connectivity index (χ4v) is 4.11. The van der Waals surface area contributed by atoms with Crippen LogP contribution in [0, 0.1) is 0 Å². The van der Waals surface area contributed by atoms with Crippen LogP contribution in [-0.2, 0) is 0 Å². The van der Waals surface area contributed by atoms with Crippen molar-refractivity contribution >= 4 is 29.1 Å². The Morgan fingerprint density at radius 1 is 0.862 bits per heavy atom. The van der Waals surface area contributed by atoms with Gasteiger partial charge in [0.2, 0.25) is 0 Å². The lowest BCUT2D eigenvalue weighted by atomic mass is 10.2. The maximum atomic E-state index is 12.7. The average Bonchev–Trinajstić information content (AvgIpc) is 2.79. The molecule has 2 saturated heterocycles. The lowest BCUT2D eigenvalue weighted by Gasteiger charge is -2.36. The Balaban J connectivity index is 1.33. The van der Waals surface area contributed by atoms with Crippen LogP contribution in [0.4, 0.5) is 11.6 Å². The molecule has 2 aliphatic heterocycles. The van der Waals surface area contributed by atoms with E-state index < -0.39 is 0 Å². The fraction of sp³-hybridized carbons (Fsp3) is 0.476. The Labute approximate surface area is 176 Å². The predicted octanol–water partition coefficient (Wildman–Crippen LogP) is 2.23. The normalized spacial score (nSPS) is 18.2.